The molecule has 0 saturated heterocycles. The summed E-state index contributed by atoms with van der Waals surface area (Å²) in [6.07, 6.45) is 0.677. The first-order chi connectivity index (χ1) is 14.4. The van der Waals surface area contributed by atoms with Gasteiger partial charge in [-0.25, -0.2) is 9.37 Å². The van der Waals surface area contributed by atoms with E-state index in [1.807, 2.05) is 12.1 Å². The summed E-state index contributed by atoms with van der Waals surface area (Å²) in [6, 6.07) is 7.70. The number of hydrogen-bond acceptors (Lipinski definition) is 5. The van der Waals surface area contributed by atoms with Crippen molar-refractivity contribution in [3.63, 3.8) is 0 Å². The molecular formula is C22H22FN3O4. The fourth-order valence-electron chi connectivity index (χ4n) is 3.82. The molecule has 0 atom stereocenters. The van der Waals surface area contributed by atoms with E-state index >= 15 is 0 Å². The standard InChI is InChI=1S/C22H22FN3O4/c1-13-24-18-5-4-16(23)10-17(18)22(28)26(13)12-21(27)25-7-6-14-8-19(29-2)20(30-3)9-15(14)11-25/h4-5,8-10H,6-7,11-12H2,1-3H3. The third-order valence-electron chi connectivity index (χ3n) is 5.47. The summed E-state index contributed by atoms with van der Waals surface area (Å²) in [5.74, 6) is 0.973. The van der Waals surface area contributed by atoms with Gasteiger partial charge in [0.25, 0.3) is 5.56 Å². The Balaban J connectivity index is 1.60. The molecule has 0 spiro atoms. The van der Waals surface area contributed by atoms with Crippen LogP contribution >= 0.6 is 0 Å². The number of amides is 1. The van der Waals surface area contributed by atoms with Crippen LogP contribution in [0.4, 0.5) is 4.39 Å². The fourth-order valence-corrected chi connectivity index (χ4v) is 3.82. The Labute approximate surface area is 172 Å². The molecule has 4 rings (SSSR count). The van der Waals surface area contributed by atoms with Crippen molar-refractivity contribution in [1.82, 2.24) is 14.5 Å². The Morgan fingerprint density at radius 1 is 1.13 bits per heavy atom. The molecule has 0 N–H and O–H groups in total. The maximum absolute atomic E-state index is 13.6. The summed E-state index contributed by atoms with van der Waals surface area (Å²) < 4.78 is 25.6. The summed E-state index contributed by atoms with van der Waals surface area (Å²) in [5, 5.41) is 0.161. The van der Waals surface area contributed by atoms with Crippen LogP contribution in [0.25, 0.3) is 10.9 Å². The molecule has 0 unspecified atom stereocenters. The zero-order chi connectivity index (χ0) is 21.4. The Bertz CT molecular complexity index is 1210. The zero-order valence-electron chi connectivity index (χ0n) is 17.1. The number of aryl methyl sites for hydroxylation is 1. The van der Waals surface area contributed by atoms with E-state index in [1.165, 1.54) is 16.7 Å². The molecule has 0 radical (unpaired) electrons. The van der Waals surface area contributed by atoms with E-state index in [0.29, 0.717) is 42.4 Å². The minimum Gasteiger partial charge on any atom is -0.493 e. The molecule has 2 aromatic carbocycles. The molecular weight excluding hydrogens is 389 g/mol. The Hall–Kier alpha value is -3.42. The molecule has 30 heavy (non-hydrogen) atoms. The molecule has 3 aromatic rings. The van der Waals surface area contributed by atoms with Gasteiger partial charge in [0.2, 0.25) is 5.91 Å². The van der Waals surface area contributed by atoms with Crippen LogP contribution in [0.15, 0.2) is 35.1 Å². The van der Waals surface area contributed by atoms with Gasteiger partial charge < -0.3 is 14.4 Å². The van der Waals surface area contributed by atoms with E-state index in [2.05, 4.69) is 4.98 Å². The van der Waals surface area contributed by atoms with Crippen molar-refractivity contribution < 1.29 is 18.7 Å². The SMILES string of the molecule is COc1cc2c(cc1OC)CN(C(=O)Cn1c(C)nc3ccc(F)cc3c1=O)CC2. The van der Waals surface area contributed by atoms with Gasteiger partial charge in [0.15, 0.2) is 11.5 Å². The molecule has 7 nitrogen and oxygen atoms in total. The number of halogens is 1. The molecule has 1 aliphatic rings. The van der Waals surface area contributed by atoms with Crippen LogP contribution < -0.4 is 15.0 Å². The Kier molecular flexibility index (Phi) is 5.15. The van der Waals surface area contributed by atoms with Gasteiger partial charge in [-0.05, 0) is 54.8 Å². The van der Waals surface area contributed by atoms with Gasteiger partial charge in [-0.1, -0.05) is 0 Å². The largest absolute Gasteiger partial charge is 0.493 e. The van der Waals surface area contributed by atoms with Gasteiger partial charge in [-0.2, -0.15) is 0 Å². The van der Waals surface area contributed by atoms with Gasteiger partial charge in [0, 0.05) is 13.1 Å². The van der Waals surface area contributed by atoms with E-state index in [1.54, 1.807) is 26.0 Å². The van der Waals surface area contributed by atoms with Gasteiger partial charge in [-0.3, -0.25) is 14.2 Å². The van der Waals surface area contributed by atoms with Crippen molar-refractivity contribution in [2.45, 2.75) is 26.4 Å². The highest BCUT2D eigenvalue weighted by Gasteiger charge is 2.24. The second-order valence-electron chi connectivity index (χ2n) is 7.25. The fraction of sp³-hybridized carbons (Fsp3) is 0.318. The smallest absolute Gasteiger partial charge is 0.261 e. The molecule has 2 heterocycles. The maximum Gasteiger partial charge on any atom is 0.261 e. The lowest BCUT2D eigenvalue weighted by Crippen LogP contribution is -2.40. The highest BCUT2D eigenvalue weighted by Crippen LogP contribution is 2.33. The number of ether oxygens (including phenoxy) is 2. The summed E-state index contributed by atoms with van der Waals surface area (Å²) >= 11 is 0. The van der Waals surface area contributed by atoms with Gasteiger partial charge in [-0.15, -0.1) is 0 Å². The molecule has 8 heteroatoms. The van der Waals surface area contributed by atoms with Crippen molar-refractivity contribution >= 4 is 16.8 Å². The Morgan fingerprint density at radius 2 is 1.83 bits per heavy atom. The van der Waals surface area contributed by atoms with Crippen LogP contribution in [-0.4, -0.2) is 41.1 Å². The number of aromatic nitrogens is 2. The first-order valence-electron chi connectivity index (χ1n) is 9.59. The number of benzene rings is 2. The molecule has 1 aromatic heterocycles. The van der Waals surface area contributed by atoms with E-state index in [-0.39, 0.29) is 17.8 Å². The van der Waals surface area contributed by atoms with Crippen LogP contribution in [0.5, 0.6) is 11.5 Å². The van der Waals surface area contributed by atoms with Crippen molar-refractivity contribution in [3.05, 3.63) is 63.5 Å². The molecule has 0 aliphatic carbocycles. The maximum atomic E-state index is 13.6. The van der Waals surface area contributed by atoms with Crippen LogP contribution in [-0.2, 0) is 24.3 Å². The quantitative estimate of drug-likeness (QED) is 0.659. The first-order valence-corrected chi connectivity index (χ1v) is 9.59. The third-order valence-corrected chi connectivity index (χ3v) is 5.47. The van der Waals surface area contributed by atoms with E-state index in [4.69, 9.17) is 9.47 Å². The predicted octanol–water partition coefficient (Wildman–Crippen LogP) is 2.45. The lowest BCUT2D eigenvalue weighted by molar-refractivity contribution is -0.132. The number of carbonyl (C=O) groups excluding carboxylic acids is 1. The van der Waals surface area contributed by atoms with Crippen LogP contribution in [0.2, 0.25) is 0 Å². The summed E-state index contributed by atoms with van der Waals surface area (Å²) in [4.78, 5) is 31.9. The average Bonchev–Trinajstić information content (AvgIpc) is 2.75. The molecule has 1 aliphatic heterocycles. The second-order valence-corrected chi connectivity index (χ2v) is 7.25. The molecule has 156 valence electrons. The van der Waals surface area contributed by atoms with Crippen molar-refractivity contribution in [1.29, 1.82) is 0 Å². The molecule has 1 amide bonds. The van der Waals surface area contributed by atoms with Crippen LogP contribution in [0.1, 0.15) is 17.0 Å². The monoisotopic (exact) mass is 411 g/mol. The number of rotatable bonds is 4. The molecule has 0 saturated carbocycles. The van der Waals surface area contributed by atoms with E-state index in [0.717, 1.165) is 17.2 Å². The second kappa shape index (κ2) is 7.78. The zero-order valence-corrected chi connectivity index (χ0v) is 17.1. The minimum absolute atomic E-state index is 0.146. The molecule has 0 bridgehead atoms. The predicted molar refractivity (Wildman–Crippen MR) is 109 cm³/mol. The lowest BCUT2D eigenvalue weighted by atomic mass is 9.98. The van der Waals surface area contributed by atoms with Crippen molar-refractivity contribution in [2.24, 2.45) is 0 Å². The summed E-state index contributed by atoms with van der Waals surface area (Å²) in [5.41, 5.74) is 2.08. The average molecular weight is 411 g/mol. The third kappa shape index (κ3) is 3.49. The van der Waals surface area contributed by atoms with Gasteiger partial charge >= 0.3 is 0 Å². The topological polar surface area (TPSA) is 73.7 Å². The number of hydrogen-bond donors (Lipinski definition) is 0. The van der Waals surface area contributed by atoms with E-state index in [9.17, 15) is 14.0 Å². The lowest BCUT2D eigenvalue weighted by Gasteiger charge is -2.30. The highest BCUT2D eigenvalue weighted by molar-refractivity contribution is 5.79. The van der Waals surface area contributed by atoms with Crippen molar-refractivity contribution in [2.75, 3.05) is 20.8 Å². The Morgan fingerprint density at radius 3 is 2.53 bits per heavy atom. The number of methoxy groups -OCH3 is 2. The van der Waals surface area contributed by atoms with Crippen molar-refractivity contribution in [3.8, 4) is 11.5 Å². The summed E-state index contributed by atoms with van der Waals surface area (Å²) in [7, 11) is 3.16. The number of carbonyl (C=O) groups is 1. The summed E-state index contributed by atoms with van der Waals surface area (Å²) in [6.45, 7) is 2.47. The van der Waals surface area contributed by atoms with Crippen LogP contribution in [0.3, 0.4) is 0 Å². The highest BCUT2D eigenvalue weighted by atomic mass is 19.1. The normalized spacial score (nSPS) is 13.3. The minimum atomic E-state index is -0.514. The van der Waals surface area contributed by atoms with Crippen LogP contribution in [0, 0.1) is 12.7 Å². The first kappa shape index (κ1) is 19.9. The van der Waals surface area contributed by atoms with Gasteiger partial charge in [0.1, 0.15) is 18.2 Å². The number of nitrogens with zero attached hydrogens (tertiary/aromatic N) is 3. The number of fused-ring (bicyclic) bond motifs is 2. The molecule has 0 fully saturated rings. The van der Waals surface area contributed by atoms with E-state index < -0.39 is 11.4 Å². The van der Waals surface area contributed by atoms with Gasteiger partial charge in [0.05, 0.1) is 25.1 Å².